The van der Waals surface area contributed by atoms with Gasteiger partial charge >= 0.3 is 5.69 Å². The van der Waals surface area contributed by atoms with E-state index in [0.717, 1.165) is 10.6 Å². The van der Waals surface area contributed by atoms with Crippen molar-refractivity contribution in [3.63, 3.8) is 0 Å². The molecule has 7 nitrogen and oxygen atoms in total. The zero-order valence-electron chi connectivity index (χ0n) is 12.0. The van der Waals surface area contributed by atoms with E-state index < -0.39 is 11.5 Å². The van der Waals surface area contributed by atoms with Crippen LogP contribution in [0.1, 0.15) is 0 Å². The predicted molar refractivity (Wildman–Crippen MR) is 82.8 cm³/mol. The molecule has 1 aromatic heterocycles. The van der Waals surface area contributed by atoms with Gasteiger partial charge in [0.25, 0.3) is 5.91 Å². The number of hydrogen-bond donors (Lipinski definition) is 1. The fraction of sp³-hybridized carbons (Fsp3) is 0.214. The summed E-state index contributed by atoms with van der Waals surface area (Å²) in [5, 5.41) is 2.44. The number of fused-ring (bicyclic) bond motifs is 1. The highest BCUT2D eigenvalue weighted by atomic mass is 32.1. The number of ether oxygens (including phenoxy) is 1. The lowest BCUT2D eigenvalue weighted by Crippen LogP contribution is -2.39. The Bertz CT molecular complexity index is 966. The van der Waals surface area contributed by atoms with Crippen molar-refractivity contribution in [1.29, 1.82) is 0 Å². The molecule has 0 fully saturated rings. The molecule has 23 heavy (non-hydrogen) atoms. The molecule has 0 saturated carbocycles. The van der Waals surface area contributed by atoms with Crippen molar-refractivity contribution in [3.8, 4) is 23.8 Å². The number of terminal acetylenes is 1. The molecular weight excluding hydrogens is 323 g/mol. The van der Waals surface area contributed by atoms with Gasteiger partial charge in [-0.2, -0.15) is 0 Å². The molecule has 2 heterocycles. The van der Waals surface area contributed by atoms with E-state index in [1.165, 1.54) is 22.7 Å². The number of carbonyl (C=O) groups excluding carboxylic acids is 1. The number of H-pyrrole nitrogens is 1. The first-order valence-electron chi connectivity index (χ1n) is 6.52. The Balaban J connectivity index is 2.26. The second kappa shape index (κ2) is 5.40. The van der Waals surface area contributed by atoms with Gasteiger partial charge in [-0.3, -0.25) is 14.4 Å². The smallest absolute Gasteiger partial charge is 0.347 e. The van der Waals surface area contributed by atoms with E-state index in [2.05, 4.69) is 11.0 Å². The highest BCUT2D eigenvalue weighted by molar-refractivity contribution is 7.71. The minimum atomic E-state index is -0.702. The van der Waals surface area contributed by atoms with Crippen LogP contribution < -0.4 is 15.3 Å². The largest absolute Gasteiger partial charge is 0.481 e. The Hall–Kier alpha value is -2.86. The Labute approximate surface area is 134 Å². The third kappa shape index (κ3) is 2.33. The van der Waals surface area contributed by atoms with E-state index in [0.29, 0.717) is 5.69 Å². The molecule has 0 saturated heterocycles. The van der Waals surface area contributed by atoms with Gasteiger partial charge in [-0.1, -0.05) is 5.92 Å². The van der Waals surface area contributed by atoms with E-state index in [4.69, 9.17) is 23.4 Å². The molecule has 3 rings (SSSR count). The first-order valence-corrected chi connectivity index (χ1v) is 6.93. The van der Waals surface area contributed by atoms with E-state index in [9.17, 15) is 14.0 Å². The number of anilines is 1. The Morgan fingerprint density at radius 2 is 2.17 bits per heavy atom. The Morgan fingerprint density at radius 3 is 2.78 bits per heavy atom. The van der Waals surface area contributed by atoms with Crippen LogP contribution in [0, 0.1) is 22.9 Å². The molecule has 1 amide bonds. The van der Waals surface area contributed by atoms with Crippen LogP contribution in [0.2, 0.25) is 0 Å². The van der Waals surface area contributed by atoms with Gasteiger partial charge in [0, 0.05) is 13.1 Å². The highest BCUT2D eigenvalue weighted by Gasteiger charge is 2.27. The van der Waals surface area contributed by atoms with Gasteiger partial charge < -0.3 is 4.74 Å². The van der Waals surface area contributed by atoms with Crippen LogP contribution in [0.5, 0.6) is 5.75 Å². The van der Waals surface area contributed by atoms with E-state index in [-0.39, 0.29) is 35.3 Å². The maximum atomic E-state index is 14.4. The number of hydrogen-bond acceptors (Lipinski definition) is 4. The van der Waals surface area contributed by atoms with Crippen molar-refractivity contribution < 1.29 is 13.9 Å². The minimum absolute atomic E-state index is 0.0107. The molecule has 0 unspecified atom stereocenters. The molecule has 118 valence electrons. The zero-order chi connectivity index (χ0) is 16.7. The summed E-state index contributed by atoms with van der Waals surface area (Å²) in [6, 6.07) is 2.43. The summed E-state index contributed by atoms with van der Waals surface area (Å²) in [7, 11) is 1.54. The van der Waals surface area contributed by atoms with Crippen molar-refractivity contribution in [1.82, 2.24) is 14.3 Å². The molecule has 1 aromatic carbocycles. The topological polar surface area (TPSA) is 72.3 Å². The summed E-state index contributed by atoms with van der Waals surface area (Å²) in [4.78, 5) is 25.2. The summed E-state index contributed by atoms with van der Waals surface area (Å²) in [6.45, 7) is -0.213. The molecule has 0 spiro atoms. The van der Waals surface area contributed by atoms with Gasteiger partial charge in [-0.15, -0.1) is 6.42 Å². The molecule has 2 aromatic rings. The second-order valence-electron chi connectivity index (χ2n) is 4.84. The molecule has 1 N–H and O–H groups in total. The monoisotopic (exact) mass is 334 g/mol. The number of aromatic amines is 1. The van der Waals surface area contributed by atoms with Crippen LogP contribution in [0.3, 0.4) is 0 Å². The minimum Gasteiger partial charge on any atom is -0.481 e. The van der Waals surface area contributed by atoms with Crippen molar-refractivity contribution in [2.45, 2.75) is 0 Å². The van der Waals surface area contributed by atoms with Crippen LogP contribution in [0.15, 0.2) is 16.9 Å². The molecule has 0 radical (unpaired) electrons. The first-order chi connectivity index (χ1) is 10.9. The number of aromatic nitrogens is 3. The molecule has 0 aliphatic carbocycles. The summed E-state index contributed by atoms with van der Waals surface area (Å²) < 4.78 is 22.0. The van der Waals surface area contributed by atoms with Crippen LogP contribution in [-0.4, -0.2) is 33.4 Å². The average molecular weight is 334 g/mol. The standard InChI is InChI=1S/C14H11FN4O3S/c1-3-4-18-10-6-9(19-13(21)16-17(2)14(19)23)8(15)5-11(10)22-7-12(18)20/h1,5-6H,4,7H2,2H3,(H,16,21). The summed E-state index contributed by atoms with van der Waals surface area (Å²) in [5.41, 5.74) is -0.389. The zero-order valence-corrected chi connectivity index (χ0v) is 12.8. The lowest BCUT2D eigenvalue weighted by atomic mass is 10.2. The van der Waals surface area contributed by atoms with E-state index in [1.807, 2.05) is 0 Å². The number of benzene rings is 1. The van der Waals surface area contributed by atoms with Crippen LogP contribution in [0.25, 0.3) is 5.69 Å². The van der Waals surface area contributed by atoms with E-state index >= 15 is 0 Å². The fourth-order valence-electron chi connectivity index (χ4n) is 2.34. The van der Waals surface area contributed by atoms with Gasteiger partial charge in [0.2, 0.25) is 4.77 Å². The normalized spacial score (nSPS) is 13.4. The number of amides is 1. The Kier molecular flexibility index (Phi) is 3.54. The fourth-order valence-corrected chi connectivity index (χ4v) is 2.56. The van der Waals surface area contributed by atoms with Crippen LogP contribution in [0.4, 0.5) is 10.1 Å². The molecule has 0 atom stereocenters. The number of rotatable bonds is 2. The maximum absolute atomic E-state index is 14.4. The van der Waals surface area contributed by atoms with Crippen LogP contribution >= 0.6 is 12.2 Å². The van der Waals surface area contributed by atoms with Gasteiger partial charge in [0.15, 0.2) is 12.4 Å². The lowest BCUT2D eigenvalue weighted by Gasteiger charge is -2.28. The summed E-state index contributed by atoms with van der Waals surface area (Å²) >= 11 is 5.10. The molecule has 1 aliphatic rings. The van der Waals surface area contributed by atoms with Gasteiger partial charge in [-0.05, 0) is 18.3 Å². The lowest BCUT2D eigenvalue weighted by molar-refractivity contribution is -0.121. The second-order valence-corrected chi connectivity index (χ2v) is 5.20. The number of carbonyl (C=O) groups is 1. The van der Waals surface area contributed by atoms with Crippen molar-refractivity contribution in [2.75, 3.05) is 18.1 Å². The number of halogens is 1. The summed E-state index contributed by atoms with van der Waals surface area (Å²) in [5.74, 6) is 1.50. The molecular formula is C14H11FN4O3S. The average Bonchev–Trinajstić information content (AvgIpc) is 2.75. The van der Waals surface area contributed by atoms with Gasteiger partial charge in [-0.25, -0.2) is 18.9 Å². The highest BCUT2D eigenvalue weighted by Crippen LogP contribution is 2.35. The van der Waals surface area contributed by atoms with Gasteiger partial charge in [0.05, 0.1) is 17.9 Å². The predicted octanol–water partition coefficient (Wildman–Crippen LogP) is 0.731. The third-order valence-electron chi connectivity index (χ3n) is 3.41. The summed E-state index contributed by atoms with van der Waals surface area (Å²) in [6.07, 6.45) is 5.27. The molecule has 1 aliphatic heterocycles. The van der Waals surface area contributed by atoms with Gasteiger partial charge in [0.1, 0.15) is 5.75 Å². The Morgan fingerprint density at radius 1 is 1.43 bits per heavy atom. The maximum Gasteiger partial charge on any atom is 0.347 e. The molecule has 0 bridgehead atoms. The van der Waals surface area contributed by atoms with Crippen molar-refractivity contribution in [2.24, 2.45) is 7.05 Å². The van der Waals surface area contributed by atoms with Crippen molar-refractivity contribution >= 4 is 23.8 Å². The first kappa shape index (κ1) is 15.1. The number of nitrogens with one attached hydrogen (secondary N) is 1. The van der Waals surface area contributed by atoms with Crippen molar-refractivity contribution in [3.05, 3.63) is 33.2 Å². The number of aryl methyl sites for hydroxylation is 1. The quantitative estimate of drug-likeness (QED) is 0.649. The van der Waals surface area contributed by atoms with Crippen LogP contribution in [-0.2, 0) is 11.8 Å². The SMILES string of the molecule is C#CCN1C(=O)COc2cc(F)c(-n3c(=O)[nH]n(C)c3=S)cc21. The number of nitrogens with zero attached hydrogens (tertiary/aromatic N) is 3. The van der Waals surface area contributed by atoms with E-state index in [1.54, 1.807) is 0 Å². The third-order valence-corrected chi connectivity index (χ3v) is 3.86. The molecule has 9 heteroatoms.